The van der Waals surface area contributed by atoms with E-state index in [1.807, 2.05) is 20.0 Å². The third-order valence-electron chi connectivity index (χ3n) is 5.55. The van der Waals surface area contributed by atoms with Crippen molar-refractivity contribution in [2.45, 2.75) is 90.3 Å². The molecule has 160 valence electrons. The van der Waals surface area contributed by atoms with Crippen LogP contribution in [0.5, 0.6) is 0 Å². The van der Waals surface area contributed by atoms with Gasteiger partial charge >= 0.3 is 0 Å². The molecule has 2 aliphatic carbocycles. The highest BCUT2D eigenvalue weighted by Crippen LogP contribution is 2.27. The lowest BCUT2D eigenvalue weighted by Gasteiger charge is -2.19. The Morgan fingerprint density at radius 2 is 1.64 bits per heavy atom. The molecule has 0 aromatic carbocycles. The predicted molar refractivity (Wildman–Crippen MR) is 109 cm³/mol. The number of hydrogen-bond donors (Lipinski definition) is 2. The largest absolute Gasteiger partial charge is 0.375 e. The molecule has 1 amide bonds. The van der Waals surface area contributed by atoms with Crippen molar-refractivity contribution in [2.24, 2.45) is 17.6 Å². The zero-order chi connectivity index (χ0) is 20.2. The molecule has 7 nitrogen and oxygen atoms in total. The number of carbonyl (C=O) groups is 1. The van der Waals surface area contributed by atoms with Gasteiger partial charge in [-0.05, 0) is 38.0 Å². The maximum absolute atomic E-state index is 9.98. The van der Waals surface area contributed by atoms with E-state index in [4.69, 9.17) is 15.2 Å². The number of nitrogens with zero attached hydrogens (tertiary/aromatic N) is 2. The summed E-state index contributed by atoms with van der Waals surface area (Å²) < 4.78 is 10.7. The maximum atomic E-state index is 9.98. The Morgan fingerprint density at radius 3 is 2.07 bits per heavy atom. The minimum Gasteiger partial charge on any atom is -0.375 e. The summed E-state index contributed by atoms with van der Waals surface area (Å²) in [5.74, 6) is 0.976. The number of hydrogen-bond acceptors (Lipinski definition) is 5. The summed E-state index contributed by atoms with van der Waals surface area (Å²) in [6.45, 7) is 5.82. The van der Waals surface area contributed by atoms with Crippen molar-refractivity contribution in [3.8, 4) is 0 Å². The number of amides is 1. The van der Waals surface area contributed by atoms with Gasteiger partial charge in [0.1, 0.15) is 0 Å². The Morgan fingerprint density at radius 1 is 1.04 bits per heavy atom. The van der Waals surface area contributed by atoms with Crippen LogP contribution in [0, 0.1) is 11.8 Å². The molecular weight excluding hydrogens is 356 g/mol. The normalized spacial score (nSPS) is 25.9. The smallest absolute Gasteiger partial charge is 0.220 e. The molecule has 0 bridgehead atoms. The number of fused-ring (bicyclic) bond motifs is 1. The minimum atomic E-state index is -0.130. The van der Waals surface area contributed by atoms with Crippen LogP contribution in [0.4, 0.5) is 0 Å². The van der Waals surface area contributed by atoms with Crippen molar-refractivity contribution in [3.05, 3.63) is 11.9 Å². The highest BCUT2D eigenvalue weighted by molar-refractivity contribution is 5.78. The molecule has 28 heavy (non-hydrogen) atoms. The predicted octanol–water partition coefficient (Wildman–Crippen LogP) is 3.40. The van der Waals surface area contributed by atoms with Crippen LogP contribution in [0.25, 0.3) is 0 Å². The van der Waals surface area contributed by atoms with Crippen LogP contribution in [-0.4, -0.2) is 46.7 Å². The van der Waals surface area contributed by atoms with Crippen LogP contribution in [-0.2, 0) is 20.7 Å². The van der Waals surface area contributed by atoms with Gasteiger partial charge in [0, 0.05) is 19.1 Å². The van der Waals surface area contributed by atoms with Gasteiger partial charge in [0.05, 0.1) is 24.1 Å². The second-order valence-electron chi connectivity index (χ2n) is 7.74. The molecule has 3 N–H and O–H groups in total. The number of ether oxygens (including phenoxy) is 2. The van der Waals surface area contributed by atoms with E-state index in [0.717, 1.165) is 56.9 Å². The lowest BCUT2D eigenvalue weighted by atomic mass is 9.86. The van der Waals surface area contributed by atoms with Crippen molar-refractivity contribution in [1.29, 1.82) is 0 Å². The topological polar surface area (TPSA) is 103 Å². The number of carbonyl (C=O) groups excluding carboxylic acids is 1. The number of aromatic amines is 1. The molecule has 1 aromatic rings. The first kappa shape index (κ1) is 22.8. The SMILES string of the molecule is C1CC2OCCC2O1.CC.NC(=O)C1CC1.c1n[nH]nc1CC1CCCCC1. The van der Waals surface area contributed by atoms with E-state index in [0.29, 0.717) is 12.2 Å². The summed E-state index contributed by atoms with van der Waals surface area (Å²) in [5, 5.41) is 10.5. The van der Waals surface area contributed by atoms with Gasteiger partial charge in [0.25, 0.3) is 0 Å². The fraction of sp³-hybridized carbons (Fsp3) is 0.857. The highest BCUT2D eigenvalue weighted by Gasteiger charge is 2.33. The Hall–Kier alpha value is -1.47. The highest BCUT2D eigenvalue weighted by atomic mass is 16.6. The van der Waals surface area contributed by atoms with Gasteiger partial charge in [0.15, 0.2) is 0 Å². The number of primary amides is 1. The van der Waals surface area contributed by atoms with E-state index in [-0.39, 0.29) is 11.8 Å². The van der Waals surface area contributed by atoms with Crippen molar-refractivity contribution in [2.75, 3.05) is 13.2 Å². The van der Waals surface area contributed by atoms with Gasteiger partial charge in [-0.1, -0.05) is 46.0 Å². The number of H-pyrrole nitrogens is 1. The molecular formula is C21H38N4O3. The monoisotopic (exact) mass is 394 g/mol. The van der Waals surface area contributed by atoms with Crippen LogP contribution in [0.2, 0.25) is 0 Å². The molecule has 2 aliphatic heterocycles. The average Bonchev–Trinajstić information content (AvgIpc) is 3.07. The molecule has 2 saturated carbocycles. The van der Waals surface area contributed by atoms with E-state index in [1.165, 1.54) is 32.1 Å². The van der Waals surface area contributed by atoms with Crippen molar-refractivity contribution >= 4 is 5.91 Å². The molecule has 0 radical (unpaired) electrons. The summed E-state index contributed by atoms with van der Waals surface area (Å²) in [7, 11) is 0. The van der Waals surface area contributed by atoms with E-state index in [9.17, 15) is 4.79 Å². The van der Waals surface area contributed by atoms with E-state index < -0.39 is 0 Å². The number of rotatable bonds is 3. The summed E-state index contributed by atoms with van der Waals surface area (Å²) >= 11 is 0. The quantitative estimate of drug-likeness (QED) is 0.818. The third-order valence-corrected chi connectivity index (χ3v) is 5.55. The van der Waals surface area contributed by atoms with Crippen LogP contribution in [0.1, 0.15) is 77.3 Å². The van der Waals surface area contributed by atoms with Crippen molar-refractivity contribution in [1.82, 2.24) is 15.4 Å². The standard InChI is InChI=1S/C9H15N3.C6H10O2.C4H7NO.C2H6/c1-2-4-8(5-3-1)6-9-7-10-12-11-9;1-3-7-6-2-4-8-5(1)6;5-4(6)3-1-2-3;1-2/h7-8H,1-6H2,(H,10,11,12);5-6H,1-4H2;3H,1-2H2,(H2,5,6);1-2H3. The van der Waals surface area contributed by atoms with E-state index in [2.05, 4.69) is 15.4 Å². The molecule has 3 heterocycles. The van der Waals surface area contributed by atoms with Crippen LogP contribution >= 0.6 is 0 Å². The van der Waals surface area contributed by atoms with Crippen molar-refractivity contribution < 1.29 is 14.3 Å². The van der Waals surface area contributed by atoms with E-state index in [1.54, 1.807) is 0 Å². The summed E-state index contributed by atoms with van der Waals surface area (Å²) in [6.07, 6.45) is 15.1. The third kappa shape index (κ3) is 8.27. The van der Waals surface area contributed by atoms with Gasteiger partial charge in [-0.3, -0.25) is 4.79 Å². The van der Waals surface area contributed by atoms with Crippen LogP contribution in [0.15, 0.2) is 6.20 Å². The van der Waals surface area contributed by atoms with Gasteiger partial charge in [-0.2, -0.15) is 15.4 Å². The van der Waals surface area contributed by atoms with Gasteiger partial charge in [-0.15, -0.1) is 0 Å². The average molecular weight is 395 g/mol. The van der Waals surface area contributed by atoms with Crippen LogP contribution in [0.3, 0.4) is 0 Å². The van der Waals surface area contributed by atoms with Gasteiger partial charge in [0.2, 0.25) is 5.91 Å². The van der Waals surface area contributed by atoms with Crippen molar-refractivity contribution in [3.63, 3.8) is 0 Å². The molecule has 2 atom stereocenters. The summed E-state index contributed by atoms with van der Waals surface area (Å²) in [6, 6.07) is 0. The molecule has 2 saturated heterocycles. The molecule has 1 aromatic heterocycles. The zero-order valence-electron chi connectivity index (χ0n) is 17.6. The molecule has 0 spiro atoms. The first-order valence-electron chi connectivity index (χ1n) is 11.1. The minimum absolute atomic E-state index is 0.130. The Balaban J connectivity index is 0.000000152. The molecule has 2 unspecified atom stereocenters. The number of aromatic nitrogens is 3. The van der Waals surface area contributed by atoms with E-state index >= 15 is 0 Å². The summed E-state index contributed by atoms with van der Waals surface area (Å²) in [5.41, 5.74) is 5.99. The fourth-order valence-corrected chi connectivity index (χ4v) is 3.80. The fourth-order valence-electron chi connectivity index (χ4n) is 3.80. The second-order valence-corrected chi connectivity index (χ2v) is 7.74. The lowest BCUT2D eigenvalue weighted by molar-refractivity contribution is -0.119. The van der Waals surface area contributed by atoms with Gasteiger partial charge < -0.3 is 15.2 Å². The Bertz CT molecular complexity index is 508. The zero-order valence-corrected chi connectivity index (χ0v) is 17.6. The first-order valence-corrected chi connectivity index (χ1v) is 11.1. The number of nitrogens with one attached hydrogen (secondary N) is 1. The number of nitrogens with two attached hydrogens (primary N) is 1. The Kier molecular flexibility index (Phi) is 10.5. The Labute approximate surface area is 169 Å². The summed E-state index contributed by atoms with van der Waals surface area (Å²) in [4.78, 5) is 9.98. The molecule has 5 rings (SSSR count). The second kappa shape index (κ2) is 12.9. The molecule has 4 fully saturated rings. The first-order chi connectivity index (χ1) is 13.7. The molecule has 7 heteroatoms. The van der Waals surface area contributed by atoms with Gasteiger partial charge in [-0.25, -0.2) is 0 Å². The molecule has 4 aliphatic rings. The maximum Gasteiger partial charge on any atom is 0.220 e. The van der Waals surface area contributed by atoms with Crippen LogP contribution < -0.4 is 5.73 Å². The lowest BCUT2D eigenvalue weighted by Crippen LogP contribution is -2.13.